The van der Waals surface area contributed by atoms with Gasteiger partial charge >= 0.3 is 0 Å². The molecule has 2 saturated carbocycles. The van der Waals surface area contributed by atoms with Crippen molar-refractivity contribution in [1.29, 1.82) is 0 Å². The van der Waals surface area contributed by atoms with Gasteiger partial charge in [0.15, 0.2) is 0 Å². The highest BCUT2D eigenvalue weighted by Gasteiger charge is 2.33. The summed E-state index contributed by atoms with van der Waals surface area (Å²) in [5.41, 5.74) is 3.07. The Kier molecular flexibility index (Phi) is 1.88. The lowest BCUT2D eigenvalue weighted by Gasteiger charge is -2.33. The van der Waals surface area contributed by atoms with Gasteiger partial charge < -0.3 is 5.11 Å². The minimum absolute atomic E-state index is 0.0349. The second-order valence-corrected chi connectivity index (χ2v) is 4.73. The van der Waals surface area contributed by atoms with E-state index in [-0.39, 0.29) is 6.10 Å². The maximum atomic E-state index is 9.32. The van der Waals surface area contributed by atoms with Crippen molar-refractivity contribution in [3.63, 3.8) is 0 Å². The third kappa shape index (κ3) is 1.36. The Hall–Kier alpha value is -0.820. The zero-order valence-corrected chi connectivity index (χ0v) is 8.32. The van der Waals surface area contributed by atoms with Crippen molar-refractivity contribution in [3.05, 3.63) is 35.4 Å². The third-order valence-electron chi connectivity index (χ3n) is 3.57. The molecule has 0 unspecified atom stereocenters. The van der Waals surface area contributed by atoms with Crippen LogP contribution in [0.1, 0.15) is 48.6 Å². The molecule has 3 rings (SSSR count). The molecule has 0 saturated heterocycles. The van der Waals surface area contributed by atoms with Gasteiger partial charge in [0.25, 0.3) is 0 Å². The predicted octanol–water partition coefficient (Wildman–Crippen LogP) is 2.80. The van der Waals surface area contributed by atoms with Crippen molar-refractivity contribution in [2.75, 3.05) is 0 Å². The van der Waals surface area contributed by atoms with Crippen LogP contribution in [0.15, 0.2) is 24.3 Å². The van der Waals surface area contributed by atoms with Crippen LogP contribution in [0.4, 0.5) is 0 Å². The Morgan fingerprint density at radius 1 is 0.929 bits per heavy atom. The van der Waals surface area contributed by atoms with Gasteiger partial charge in [0, 0.05) is 0 Å². The molecule has 1 aromatic carbocycles. The summed E-state index contributed by atoms with van der Waals surface area (Å²) in [6.45, 7) is 0. The molecule has 1 heteroatoms. The Morgan fingerprint density at radius 3 is 2.00 bits per heavy atom. The molecular weight excluding hydrogens is 172 g/mol. The van der Waals surface area contributed by atoms with E-state index in [1.165, 1.54) is 18.4 Å². The normalized spacial score (nSPS) is 31.2. The van der Waals surface area contributed by atoms with Crippen molar-refractivity contribution in [3.8, 4) is 0 Å². The lowest BCUT2D eigenvalue weighted by Crippen LogP contribution is -2.27. The average Bonchev–Trinajstić information content (AvgIpc) is 2.96. The molecular formula is C13H16O. The van der Waals surface area contributed by atoms with Gasteiger partial charge in [-0.15, -0.1) is 0 Å². The summed E-state index contributed by atoms with van der Waals surface area (Å²) in [7, 11) is 0. The van der Waals surface area contributed by atoms with Crippen LogP contribution in [0.25, 0.3) is 0 Å². The van der Waals surface area contributed by atoms with Gasteiger partial charge in [0.1, 0.15) is 0 Å². The summed E-state index contributed by atoms with van der Waals surface area (Å²) in [5, 5.41) is 9.32. The van der Waals surface area contributed by atoms with Crippen LogP contribution in [-0.2, 0) is 0 Å². The summed E-state index contributed by atoms with van der Waals surface area (Å²) < 4.78 is 0. The number of hydrogen-bond donors (Lipinski definition) is 1. The zero-order chi connectivity index (χ0) is 9.54. The van der Waals surface area contributed by atoms with Crippen LogP contribution in [0.5, 0.6) is 0 Å². The fourth-order valence-corrected chi connectivity index (χ4v) is 2.49. The molecule has 1 aromatic rings. The predicted molar refractivity (Wildman–Crippen MR) is 56.4 cm³/mol. The molecule has 2 fully saturated rings. The number of aliphatic hydroxyl groups excluding tert-OH is 1. The largest absolute Gasteiger partial charge is 0.393 e. The van der Waals surface area contributed by atoms with Crippen LogP contribution in [-0.4, -0.2) is 11.2 Å². The Labute approximate surface area is 84.8 Å². The minimum atomic E-state index is -0.0349. The van der Waals surface area contributed by atoms with Gasteiger partial charge in [0.2, 0.25) is 0 Å². The number of rotatable bonds is 2. The number of hydrogen-bond acceptors (Lipinski definition) is 1. The van der Waals surface area contributed by atoms with Crippen molar-refractivity contribution in [2.24, 2.45) is 0 Å². The second-order valence-electron chi connectivity index (χ2n) is 4.73. The van der Waals surface area contributed by atoms with Crippen LogP contribution in [0.2, 0.25) is 0 Å². The van der Waals surface area contributed by atoms with Gasteiger partial charge in [-0.25, -0.2) is 0 Å². The lowest BCUT2D eigenvalue weighted by atomic mass is 9.75. The highest BCUT2D eigenvalue weighted by atomic mass is 16.3. The fourth-order valence-electron chi connectivity index (χ4n) is 2.49. The van der Waals surface area contributed by atoms with E-state index in [0.29, 0.717) is 5.92 Å². The smallest absolute Gasteiger partial charge is 0.0552 e. The average molecular weight is 188 g/mol. The number of aliphatic hydroxyl groups is 1. The van der Waals surface area contributed by atoms with Crippen molar-refractivity contribution in [2.45, 2.75) is 43.6 Å². The summed E-state index contributed by atoms with van der Waals surface area (Å²) in [4.78, 5) is 0. The Morgan fingerprint density at radius 2 is 1.50 bits per heavy atom. The first-order valence-corrected chi connectivity index (χ1v) is 5.61. The Bertz CT molecular complexity index is 335. The zero-order valence-electron chi connectivity index (χ0n) is 8.32. The molecule has 1 nitrogen and oxygen atoms in total. The van der Waals surface area contributed by atoms with Crippen LogP contribution >= 0.6 is 0 Å². The summed E-state index contributed by atoms with van der Waals surface area (Å²) in [6, 6.07) is 8.81. The molecule has 2 aliphatic carbocycles. The fraction of sp³-hybridized carbons (Fsp3) is 0.538. The van der Waals surface area contributed by atoms with Gasteiger partial charge in [0.05, 0.1) is 6.10 Å². The molecule has 74 valence electrons. The maximum Gasteiger partial charge on any atom is 0.0552 e. The molecule has 0 atom stereocenters. The monoisotopic (exact) mass is 188 g/mol. The summed E-state index contributed by atoms with van der Waals surface area (Å²) in [6.07, 6.45) is 4.65. The first-order valence-electron chi connectivity index (χ1n) is 5.61. The molecule has 0 amide bonds. The van der Waals surface area contributed by atoms with Crippen molar-refractivity contribution in [1.82, 2.24) is 0 Å². The van der Waals surface area contributed by atoms with Crippen molar-refractivity contribution < 1.29 is 5.11 Å². The molecule has 0 aliphatic heterocycles. The summed E-state index contributed by atoms with van der Waals surface area (Å²) in [5.74, 6) is 1.48. The van der Waals surface area contributed by atoms with E-state index in [4.69, 9.17) is 0 Å². The molecule has 0 aromatic heterocycles. The SMILES string of the molecule is OC1CC(c2ccccc2C2CC2)C1. The second kappa shape index (κ2) is 3.09. The Balaban J connectivity index is 1.88. The van der Waals surface area contributed by atoms with E-state index in [1.54, 1.807) is 5.56 Å². The van der Waals surface area contributed by atoms with E-state index in [2.05, 4.69) is 24.3 Å². The third-order valence-corrected chi connectivity index (χ3v) is 3.57. The lowest BCUT2D eigenvalue weighted by molar-refractivity contribution is 0.0743. The van der Waals surface area contributed by atoms with E-state index >= 15 is 0 Å². The van der Waals surface area contributed by atoms with Crippen LogP contribution < -0.4 is 0 Å². The summed E-state index contributed by atoms with van der Waals surface area (Å²) >= 11 is 0. The maximum absolute atomic E-state index is 9.32. The van der Waals surface area contributed by atoms with E-state index < -0.39 is 0 Å². The first-order chi connectivity index (χ1) is 6.84. The molecule has 0 spiro atoms. The molecule has 0 radical (unpaired) electrons. The standard InChI is InChI=1S/C13H16O/c14-11-7-10(8-11)13-4-2-1-3-12(13)9-5-6-9/h1-4,9-11,14H,5-8H2. The van der Waals surface area contributed by atoms with Crippen LogP contribution in [0, 0.1) is 0 Å². The molecule has 1 N–H and O–H groups in total. The van der Waals surface area contributed by atoms with Crippen LogP contribution in [0.3, 0.4) is 0 Å². The first kappa shape index (κ1) is 8.49. The highest BCUT2D eigenvalue weighted by Crippen LogP contribution is 2.47. The van der Waals surface area contributed by atoms with Gasteiger partial charge in [-0.1, -0.05) is 24.3 Å². The van der Waals surface area contributed by atoms with Gasteiger partial charge in [-0.3, -0.25) is 0 Å². The minimum Gasteiger partial charge on any atom is -0.393 e. The quantitative estimate of drug-likeness (QED) is 0.756. The number of benzene rings is 1. The molecule has 14 heavy (non-hydrogen) atoms. The molecule has 0 heterocycles. The van der Waals surface area contributed by atoms with Crippen molar-refractivity contribution >= 4 is 0 Å². The van der Waals surface area contributed by atoms with Gasteiger partial charge in [-0.2, -0.15) is 0 Å². The van der Waals surface area contributed by atoms with E-state index in [0.717, 1.165) is 18.8 Å². The van der Waals surface area contributed by atoms with E-state index in [1.807, 2.05) is 0 Å². The van der Waals surface area contributed by atoms with E-state index in [9.17, 15) is 5.11 Å². The molecule has 0 bridgehead atoms. The van der Waals surface area contributed by atoms with Gasteiger partial charge in [-0.05, 0) is 48.6 Å². The molecule has 2 aliphatic rings. The topological polar surface area (TPSA) is 20.2 Å². The highest BCUT2D eigenvalue weighted by molar-refractivity contribution is 5.37.